The van der Waals surface area contributed by atoms with E-state index in [-0.39, 0.29) is 6.61 Å². The van der Waals surface area contributed by atoms with Gasteiger partial charge >= 0.3 is 0 Å². The Balaban J connectivity index is 0.000000187. The van der Waals surface area contributed by atoms with Gasteiger partial charge < -0.3 is 5.11 Å². The lowest BCUT2D eigenvalue weighted by atomic mass is 10.3. The van der Waals surface area contributed by atoms with Crippen LogP contribution in [-0.2, 0) is 6.42 Å². The number of rotatable bonds is 1. The molecule has 1 N–H and O–H groups in total. The number of thiophene rings is 2. The van der Waals surface area contributed by atoms with Crippen molar-refractivity contribution >= 4 is 22.7 Å². The van der Waals surface area contributed by atoms with E-state index in [1.165, 1.54) is 4.88 Å². The van der Waals surface area contributed by atoms with Crippen LogP contribution < -0.4 is 0 Å². The zero-order valence-corrected chi connectivity index (χ0v) is 9.70. The molecular formula is C12H10OS2. The largest absolute Gasteiger partial charge is 0.384 e. The summed E-state index contributed by atoms with van der Waals surface area (Å²) in [6.45, 7) is -0.0465. The van der Waals surface area contributed by atoms with Gasteiger partial charge in [-0.25, -0.2) is 0 Å². The molecule has 0 bridgehead atoms. The van der Waals surface area contributed by atoms with E-state index in [1.807, 2.05) is 29.6 Å². The second-order valence-corrected chi connectivity index (χ2v) is 4.15. The third kappa shape index (κ3) is 6.08. The minimum absolute atomic E-state index is 0.0465. The summed E-state index contributed by atoms with van der Waals surface area (Å²) >= 11 is 3.15. The first kappa shape index (κ1) is 12.0. The van der Waals surface area contributed by atoms with E-state index >= 15 is 0 Å². The van der Waals surface area contributed by atoms with Crippen molar-refractivity contribution in [1.82, 2.24) is 0 Å². The molecule has 0 aliphatic rings. The van der Waals surface area contributed by atoms with Gasteiger partial charge in [-0.05, 0) is 23.6 Å². The molecule has 2 aromatic rings. The summed E-state index contributed by atoms with van der Waals surface area (Å²) in [7, 11) is 0. The molecule has 0 amide bonds. The van der Waals surface area contributed by atoms with Crippen LogP contribution >= 0.6 is 22.7 Å². The minimum atomic E-state index is -0.0465. The summed E-state index contributed by atoms with van der Waals surface area (Å²) in [5, 5.41) is 16.2. The molecule has 2 aromatic heterocycles. The van der Waals surface area contributed by atoms with Gasteiger partial charge in [-0.2, -0.15) is 0 Å². The molecule has 0 atom stereocenters. The SMILES string of the molecule is OCC#CCc1cc[c]s1.[c]1cccs1. The van der Waals surface area contributed by atoms with E-state index < -0.39 is 0 Å². The van der Waals surface area contributed by atoms with Crippen molar-refractivity contribution in [2.24, 2.45) is 0 Å². The van der Waals surface area contributed by atoms with Crippen molar-refractivity contribution in [3.8, 4) is 11.8 Å². The van der Waals surface area contributed by atoms with Crippen molar-refractivity contribution in [2.75, 3.05) is 6.61 Å². The Morgan fingerprint density at radius 2 is 2.20 bits per heavy atom. The molecule has 0 fully saturated rings. The third-order valence-corrected chi connectivity index (χ3v) is 2.73. The zero-order valence-electron chi connectivity index (χ0n) is 8.06. The topological polar surface area (TPSA) is 20.2 Å². The van der Waals surface area contributed by atoms with Gasteiger partial charge in [-0.1, -0.05) is 17.9 Å². The first-order valence-electron chi connectivity index (χ1n) is 4.34. The number of hydrogen-bond acceptors (Lipinski definition) is 3. The van der Waals surface area contributed by atoms with Gasteiger partial charge in [0, 0.05) is 22.1 Å². The second kappa shape index (κ2) is 8.25. The lowest BCUT2D eigenvalue weighted by molar-refractivity contribution is 0.350. The highest BCUT2D eigenvalue weighted by molar-refractivity contribution is 7.09. The summed E-state index contributed by atoms with van der Waals surface area (Å²) in [6.07, 6.45) is 0.731. The van der Waals surface area contributed by atoms with Crippen molar-refractivity contribution in [3.63, 3.8) is 0 Å². The highest BCUT2D eigenvalue weighted by Gasteiger charge is 1.86. The lowest BCUT2D eigenvalue weighted by Crippen LogP contribution is -1.75. The quantitative estimate of drug-likeness (QED) is 0.752. The molecule has 2 heterocycles. The molecule has 1 nitrogen and oxygen atoms in total. The van der Waals surface area contributed by atoms with Gasteiger partial charge in [0.05, 0.1) is 0 Å². The zero-order chi connectivity index (χ0) is 10.8. The number of hydrogen-bond donors (Lipinski definition) is 1. The summed E-state index contributed by atoms with van der Waals surface area (Å²) in [4.78, 5) is 1.20. The normalized spacial score (nSPS) is 8.33. The van der Waals surface area contributed by atoms with Gasteiger partial charge in [0.25, 0.3) is 0 Å². The first-order chi connectivity index (χ1) is 7.43. The van der Waals surface area contributed by atoms with Gasteiger partial charge in [-0.15, -0.1) is 22.7 Å². The standard InChI is InChI=1S/C8H7OS.C4H3S/c9-6-2-1-4-8-5-3-7-10-8;1-2-4-5-3-1/h3,5,9H,4,6H2;1-3H. The lowest BCUT2D eigenvalue weighted by Gasteiger charge is -1.80. The van der Waals surface area contributed by atoms with E-state index in [0.717, 1.165) is 6.42 Å². The Morgan fingerprint density at radius 1 is 1.27 bits per heavy atom. The van der Waals surface area contributed by atoms with Crippen LogP contribution in [0.4, 0.5) is 0 Å². The Bertz CT molecular complexity index is 362. The van der Waals surface area contributed by atoms with Gasteiger partial charge in [0.15, 0.2) is 0 Å². The molecule has 0 saturated heterocycles. The van der Waals surface area contributed by atoms with E-state index in [1.54, 1.807) is 22.7 Å². The van der Waals surface area contributed by atoms with Crippen LogP contribution in [-0.4, -0.2) is 11.7 Å². The molecule has 2 radical (unpaired) electrons. The molecule has 0 saturated carbocycles. The van der Waals surface area contributed by atoms with Crippen molar-refractivity contribution in [1.29, 1.82) is 0 Å². The minimum Gasteiger partial charge on any atom is -0.384 e. The molecule has 2 rings (SSSR count). The van der Waals surface area contributed by atoms with E-state index in [2.05, 4.69) is 22.6 Å². The molecule has 3 heteroatoms. The fraction of sp³-hybridized carbons (Fsp3) is 0.167. The van der Waals surface area contributed by atoms with E-state index in [4.69, 9.17) is 5.11 Å². The van der Waals surface area contributed by atoms with Crippen LogP contribution in [0.3, 0.4) is 0 Å². The smallest absolute Gasteiger partial charge is 0.104 e. The maximum absolute atomic E-state index is 8.32. The van der Waals surface area contributed by atoms with Crippen LogP contribution in [0.15, 0.2) is 29.6 Å². The van der Waals surface area contributed by atoms with Crippen molar-refractivity contribution in [3.05, 3.63) is 45.3 Å². The van der Waals surface area contributed by atoms with Crippen LogP contribution in [0.25, 0.3) is 0 Å². The average Bonchev–Trinajstić information content (AvgIpc) is 2.94. The monoisotopic (exact) mass is 234 g/mol. The molecule has 76 valence electrons. The molecule has 0 aliphatic carbocycles. The van der Waals surface area contributed by atoms with Crippen molar-refractivity contribution in [2.45, 2.75) is 6.42 Å². The maximum atomic E-state index is 8.32. The van der Waals surface area contributed by atoms with Crippen LogP contribution in [0, 0.1) is 22.6 Å². The number of aliphatic hydroxyl groups excluding tert-OH is 1. The summed E-state index contributed by atoms with van der Waals surface area (Å²) in [5.41, 5.74) is 0. The third-order valence-electron chi connectivity index (χ3n) is 1.37. The van der Waals surface area contributed by atoms with Gasteiger partial charge in [-0.3, -0.25) is 0 Å². The van der Waals surface area contributed by atoms with Crippen LogP contribution in [0.2, 0.25) is 0 Å². The molecule has 0 aliphatic heterocycles. The van der Waals surface area contributed by atoms with E-state index in [0.29, 0.717) is 0 Å². The predicted octanol–water partition coefficient (Wildman–Crippen LogP) is 2.63. The fourth-order valence-electron chi connectivity index (χ4n) is 0.768. The molecule has 15 heavy (non-hydrogen) atoms. The highest BCUT2D eigenvalue weighted by atomic mass is 32.1. The maximum Gasteiger partial charge on any atom is 0.104 e. The summed E-state index contributed by atoms with van der Waals surface area (Å²) < 4.78 is 0. The van der Waals surface area contributed by atoms with Crippen LogP contribution in [0.1, 0.15) is 4.88 Å². The predicted molar refractivity (Wildman–Crippen MR) is 64.9 cm³/mol. The average molecular weight is 234 g/mol. The Labute approximate surface area is 98.0 Å². The summed E-state index contributed by atoms with van der Waals surface area (Å²) in [6, 6.07) is 7.71. The highest BCUT2D eigenvalue weighted by Crippen LogP contribution is 2.06. The Kier molecular flexibility index (Phi) is 6.59. The fourth-order valence-corrected chi connectivity index (χ4v) is 1.73. The van der Waals surface area contributed by atoms with E-state index in [9.17, 15) is 0 Å². The Hall–Kier alpha value is -1.08. The molecular weight excluding hydrogens is 224 g/mol. The molecule has 0 unspecified atom stereocenters. The molecule has 0 spiro atoms. The summed E-state index contributed by atoms with van der Waals surface area (Å²) in [5.74, 6) is 5.41. The second-order valence-electron chi connectivity index (χ2n) is 2.44. The van der Waals surface area contributed by atoms with Gasteiger partial charge in [0.1, 0.15) is 6.61 Å². The first-order valence-corrected chi connectivity index (χ1v) is 6.04. The van der Waals surface area contributed by atoms with Gasteiger partial charge in [0.2, 0.25) is 0 Å². The molecule has 0 aromatic carbocycles. The van der Waals surface area contributed by atoms with Crippen LogP contribution in [0.5, 0.6) is 0 Å². The Morgan fingerprint density at radius 3 is 2.67 bits per heavy atom. The van der Waals surface area contributed by atoms with Crippen molar-refractivity contribution < 1.29 is 5.11 Å². The number of aliphatic hydroxyl groups is 1.